The van der Waals surface area contributed by atoms with Gasteiger partial charge in [-0.3, -0.25) is 0 Å². The van der Waals surface area contributed by atoms with Crippen LogP contribution in [-0.4, -0.2) is 75.1 Å². The molecule has 0 saturated carbocycles. The molecule has 0 amide bonds. The van der Waals surface area contributed by atoms with E-state index >= 15 is 0 Å². The highest BCUT2D eigenvalue weighted by Gasteiger charge is 2.41. The van der Waals surface area contributed by atoms with Crippen LogP contribution in [0, 0.1) is 0 Å². The van der Waals surface area contributed by atoms with Crippen LogP contribution in [0.3, 0.4) is 0 Å². The van der Waals surface area contributed by atoms with E-state index in [2.05, 4.69) is 9.97 Å². The number of carbonyl (C=O) groups is 1. The summed E-state index contributed by atoms with van der Waals surface area (Å²) < 4.78 is 43.2. The molecule has 2 aromatic rings. The average molecular weight is 448 g/mol. The normalized spacial score (nSPS) is 21.2. The Hall–Kier alpha value is -2.21. The Morgan fingerprint density at radius 3 is 2.52 bits per heavy atom. The Morgan fingerprint density at radius 2 is 1.93 bits per heavy atom. The predicted molar refractivity (Wildman–Crippen MR) is 103 cm³/mol. The molecule has 1 unspecified atom stereocenters. The number of ether oxygens (including phenoxy) is 3. The summed E-state index contributed by atoms with van der Waals surface area (Å²) in [7, 11) is 0.998. The van der Waals surface area contributed by atoms with Gasteiger partial charge in [0.15, 0.2) is 17.3 Å². The zero-order valence-electron chi connectivity index (χ0n) is 16.3. The number of likely N-dealkylation sites (N-methyl/N-ethyl adjacent to an activating group) is 1. The van der Waals surface area contributed by atoms with Crippen molar-refractivity contribution in [3.05, 3.63) is 23.4 Å². The van der Waals surface area contributed by atoms with Crippen molar-refractivity contribution in [3.63, 3.8) is 0 Å². The molecule has 1 aliphatic heterocycles. The van der Waals surface area contributed by atoms with Crippen molar-refractivity contribution in [1.29, 1.82) is 0 Å². The quantitative estimate of drug-likeness (QED) is 0.493. The number of nitrogens with one attached hydrogen (secondary N) is 1. The monoisotopic (exact) mass is 447 g/mol. The van der Waals surface area contributed by atoms with E-state index in [1.807, 2.05) is 7.05 Å². The maximum atomic E-state index is 11.8. The molecular formula is C17H22ClN3O7S. The van der Waals surface area contributed by atoms with Gasteiger partial charge < -0.3 is 23.7 Å². The number of fused-ring (bicyclic) bond motifs is 1. The van der Waals surface area contributed by atoms with Gasteiger partial charge in [-0.2, -0.15) is 0 Å². The van der Waals surface area contributed by atoms with Gasteiger partial charge in [-0.05, 0) is 12.1 Å². The molecule has 29 heavy (non-hydrogen) atoms. The van der Waals surface area contributed by atoms with Crippen molar-refractivity contribution in [2.24, 2.45) is 0 Å². The number of benzene rings is 1. The van der Waals surface area contributed by atoms with E-state index in [0.717, 1.165) is 4.90 Å². The fraction of sp³-hybridized carbons (Fsp3) is 0.471. The molecule has 3 rings (SSSR count). The van der Waals surface area contributed by atoms with E-state index < -0.39 is 10.1 Å². The number of quaternary nitrogens is 1. The average Bonchev–Trinajstić information content (AvgIpc) is 3.00. The minimum Gasteiger partial charge on any atom is -0.748 e. The van der Waals surface area contributed by atoms with E-state index in [1.54, 1.807) is 25.3 Å². The van der Waals surface area contributed by atoms with Gasteiger partial charge in [-0.25, -0.2) is 23.2 Å². The lowest BCUT2D eigenvalue weighted by molar-refractivity contribution is -0.884. The summed E-state index contributed by atoms with van der Waals surface area (Å²) in [5.41, 5.74) is 1.30. The molecular weight excluding hydrogens is 426 g/mol. The summed E-state index contributed by atoms with van der Waals surface area (Å²) in [5.74, 6) is 0.709. The SMILES string of the molecule is COC(=O)[C@@H]1C[C@@H](Oc2nc3cc(OC)ccc3nc2Cl)C[NH+]1C.CS(=O)(=O)[O-]. The summed E-state index contributed by atoms with van der Waals surface area (Å²) in [6.07, 6.45) is 0.976. The van der Waals surface area contributed by atoms with Crippen LogP contribution in [0.4, 0.5) is 0 Å². The Labute approximate surface area is 173 Å². The fourth-order valence-electron chi connectivity index (χ4n) is 2.93. The number of hydrogen-bond donors (Lipinski definition) is 1. The molecule has 2 heterocycles. The van der Waals surface area contributed by atoms with Gasteiger partial charge in [-0.1, -0.05) is 11.6 Å². The molecule has 3 atom stereocenters. The second-order valence-corrected chi connectivity index (χ2v) is 8.25. The molecule has 0 bridgehead atoms. The van der Waals surface area contributed by atoms with Crippen LogP contribution in [0.15, 0.2) is 18.2 Å². The highest BCUT2D eigenvalue weighted by molar-refractivity contribution is 7.84. The van der Waals surface area contributed by atoms with Gasteiger partial charge in [0.05, 0.1) is 48.8 Å². The first-order valence-corrected chi connectivity index (χ1v) is 10.7. The topological polar surface area (TPSA) is 132 Å². The number of esters is 1. The molecule has 1 saturated heterocycles. The molecule has 0 radical (unpaired) electrons. The van der Waals surface area contributed by atoms with E-state index in [4.69, 9.17) is 38.8 Å². The van der Waals surface area contributed by atoms with Crippen LogP contribution < -0.4 is 14.4 Å². The van der Waals surface area contributed by atoms with Crippen molar-refractivity contribution in [2.45, 2.75) is 18.6 Å². The smallest absolute Gasteiger partial charge is 0.364 e. The summed E-state index contributed by atoms with van der Waals surface area (Å²) >= 11 is 6.19. The molecule has 160 valence electrons. The van der Waals surface area contributed by atoms with Crippen LogP contribution >= 0.6 is 11.6 Å². The third kappa shape index (κ3) is 6.67. The molecule has 12 heteroatoms. The molecule has 10 nitrogen and oxygen atoms in total. The molecule has 1 N–H and O–H groups in total. The molecule has 0 spiro atoms. The molecule has 1 aromatic heterocycles. The molecule has 1 fully saturated rings. The first kappa shape index (κ1) is 23.1. The summed E-state index contributed by atoms with van der Waals surface area (Å²) in [4.78, 5) is 21.6. The van der Waals surface area contributed by atoms with Crippen LogP contribution in [0.25, 0.3) is 11.0 Å². The van der Waals surface area contributed by atoms with Gasteiger partial charge in [0, 0.05) is 12.3 Å². The third-order valence-electron chi connectivity index (χ3n) is 4.21. The largest absolute Gasteiger partial charge is 0.748 e. The van der Waals surface area contributed by atoms with Gasteiger partial charge in [0.2, 0.25) is 0 Å². The lowest BCUT2D eigenvalue weighted by Gasteiger charge is -2.13. The molecule has 1 aromatic carbocycles. The van der Waals surface area contributed by atoms with Crippen LogP contribution in [0.2, 0.25) is 5.15 Å². The molecule has 1 aliphatic rings. The zero-order valence-corrected chi connectivity index (χ0v) is 17.9. The minimum atomic E-state index is -3.92. The Balaban J connectivity index is 0.000000537. The number of hydrogen-bond acceptors (Lipinski definition) is 9. The maximum Gasteiger partial charge on any atom is 0.364 e. The number of rotatable bonds is 4. The second kappa shape index (κ2) is 9.53. The summed E-state index contributed by atoms with van der Waals surface area (Å²) in [5, 5.41) is 0.201. The van der Waals surface area contributed by atoms with Gasteiger partial charge >= 0.3 is 5.97 Å². The highest BCUT2D eigenvalue weighted by Crippen LogP contribution is 2.27. The number of likely N-dealkylation sites (tertiary alicyclic amines) is 1. The standard InChI is InChI=1S/C16H18ClN3O4.CH4O3S/c1-20-8-10(7-13(20)16(21)23-3)24-15-14(17)18-11-5-4-9(22-2)6-12(11)19-15;1-5(2,3)4/h4-6,10,13H,7-8H2,1-3H3;1H3,(H,2,3,4)/t10-,13+;/m1./s1. The summed E-state index contributed by atoms with van der Waals surface area (Å²) in [6.45, 7) is 0.661. The lowest BCUT2D eigenvalue weighted by atomic mass is 10.2. The van der Waals surface area contributed by atoms with Gasteiger partial charge in [0.1, 0.15) is 12.3 Å². The van der Waals surface area contributed by atoms with Crippen LogP contribution in [0.5, 0.6) is 11.6 Å². The van der Waals surface area contributed by atoms with Gasteiger partial charge in [-0.15, -0.1) is 0 Å². The Kier molecular flexibility index (Phi) is 7.58. The predicted octanol–water partition coefficient (Wildman–Crippen LogP) is -0.339. The number of methoxy groups -OCH3 is 2. The van der Waals surface area contributed by atoms with Crippen molar-refractivity contribution >= 4 is 38.7 Å². The minimum absolute atomic E-state index is 0.177. The van der Waals surface area contributed by atoms with E-state index in [0.29, 0.717) is 36.0 Å². The van der Waals surface area contributed by atoms with Crippen molar-refractivity contribution in [2.75, 3.05) is 34.1 Å². The van der Waals surface area contributed by atoms with Crippen molar-refractivity contribution in [1.82, 2.24) is 9.97 Å². The van der Waals surface area contributed by atoms with Gasteiger partial charge in [0.25, 0.3) is 5.88 Å². The van der Waals surface area contributed by atoms with E-state index in [9.17, 15) is 4.79 Å². The second-order valence-electron chi connectivity index (χ2n) is 6.48. The zero-order chi connectivity index (χ0) is 21.8. The third-order valence-corrected chi connectivity index (χ3v) is 4.45. The highest BCUT2D eigenvalue weighted by atomic mass is 35.5. The maximum absolute atomic E-state index is 11.8. The van der Waals surface area contributed by atoms with Crippen LogP contribution in [0.1, 0.15) is 6.42 Å². The lowest BCUT2D eigenvalue weighted by Crippen LogP contribution is -3.12. The first-order valence-electron chi connectivity index (χ1n) is 8.50. The van der Waals surface area contributed by atoms with Crippen LogP contribution in [-0.2, 0) is 19.6 Å². The number of halogens is 1. The number of aromatic nitrogens is 2. The van der Waals surface area contributed by atoms with Crippen molar-refractivity contribution in [3.8, 4) is 11.6 Å². The Bertz CT molecular complexity index is 978. The van der Waals surface area contributed by atoms with E-state index in [-0.39, 0.29) is 29.1 Å². The fourth-order valence-corrected chi connectivity index (χ4v) is 3.11. The Morgan fingerprint density at radius 1 is 1.28 bits per heavy atom. The van der Waals surface area contributed by atoms with E-state index in [1.165, 1.54) is 7.11 Å². The summed E-state index contributed by atoms with van der Waals surface area (Å²) in [6, 6.07) is 5.11. The number of nitrogens with zero attached hydrogens (tertiary/aromatic N) is 2. The first-order chi connectivity index (χ1) is 13.5. The van der Waals surface area contributed by atoms with Crippen molar-refractivity contribution < 1.29 is 36.9 Å². The molecule has 0 aliphatic carbocycles. The number of carbonyl (C=O) groups excluding carboxylic acids is 1.